The monoisotopic (exact) mass is 340 g/mol. The first-order chi connectivity index (χ1) is 11.8. The van der Waals surface area contributed by atoms with Gasteiger partial charge >= 0.3 is 5.63 Å². The summed E-state index contributed by atoms with van der Waals surface area (Å²) in [5.41, 5.74) is 2.59. The minimum absolute atomic E-state index is 0.0562. The van der Waals surface area contributed by atoms with Gasteiger partial charge < -0.3 is 13.9 Å². The van der Waals surface area contributed by atoms with Gasteiger partial charge in [0.05, 0.1) is 16.6 Å². The Morgan fingerprint density at radius 2 is 2.08 bits per heavy atom. The molecule has 0 saturated heterocycles. The molecule has 1 aromatic heterocycles. The van der Waals surface area contributed by atoms with Gasteiger partial charge in [0.2, 0.25) is 0 Å². The molecule has 2 heterocycles. The van der Waals surface area contributed by atoms with E-state index in [4.69, 9.17) is 13.9 Å². The van der Waals surface area contributed by atoms with Crippen LogP contribution in [-0.4, -0.2) is 19.3 Å². The van der Waals surface area contributed by atoms with Crippen molar-refractivity contribution in [2.45, 2.75) is 39.2 Å². The van der Waals surface area contributed by atoms with Crippen molar-refractivity contribution >= 4 is 11.0 Å². The summed E-state index contributed by atoms with van der Waals surface area (Å²) in [5.74, 6) is 0.606. The second-order valence-corrected chi connectivity index (χ2v) is 7.00. The van der Waals surface area contributed by atoms with E-state index in [9.17, 15) is 4.79 Å². The van der Waals surface area contributed by atoms with Crippen molar-refractivity contribution in [2.24, 2.45) is 0 Å². The van der Waals surface area contributed by atoms with Crippen LogP contribution in [0.25, 0.3) is 11.0 Å². The smallest absolute Gasteiger partial charge is 0.343 e. The summed E-state index contributed by atoms with van der Waals surface area (Å²) < 4.78 is 16.9. The number of aryl methyl sites for hydroxylation is 1. The Kier molecular flexibility index (Phi) is 4.56. The number of hydrogen-bond donors (Lipinski definition) is 0. The third-order valence-corrected chi connectivity index (χ3v) is 4.84. The minimum Gasteiger partial charge on any atom is -0.488 e. The SMILES string of the molecule is COC(C)(C)C=CC=C1COc2c(c(=O)oc3cccc(C)c23)C1C. The first kappa shape index (κ1) is 17.5. The molecule has 1 unspecified atom stereocenters. The van der Waals surface area contributed by atoms with E-state index in [0.29, 0.717) is 23.5 Å². The molecule has 4 heteroatoms. The predicted molar refractivity (Wildman–Crippen MR) is 99.4 cm³/mol. The highest BCUT2D eigenvalue weighted by Gasteiger charge is 2.29. The second kappa shape index (κ2) is 6.52. The third kappa shape index (κ3) is 3.27. The second-order valence-electron chi connectivity index (χ2n) is 7.00. The van der Waals surface area contributed by atoms with Gasteiger partial charge in [-0.2, -0.15) is 0 Å². The van der Waals surface area contributed by atoms with E-state index < -0.39 is 0 Å². The molecule has 3 rings (SSSR count). The number of hydrogen-bond acceptors (Lipinski definition) is 4. The van der Waals surface area contributed by atoms with E-state index >= 15 is 0 Å². The summed E-state index contributed by atoms with van der Waals surface area (Å²) in [6, 6.07) is 5.68. The van der Waals surface area contributed by atoms with Crippen molar-refractivity contribution in [3.8, 4) is 5.75 Å². The van der Waals surface area contributed by atoms with Crippen LogP contribution in [0.2, 0.25) is 0 Å². The highest BCUT2D eigenvalue weighted by Crippen LogP contribution is 2.40. The lowest BCUT2D eigenvalue weighted by molar-refractivity contribution is 0.0656. The van der Waals surface area contributed by atoms with Gasteiger partial charge in [0.1, 0.15) is 17.9 Å². The van der Waals surface area contributed by atoms with Gasteiger partial charge in [-0.3, -0.25) is 0 Å². The molecular formula is C21H24O4. The van der Waals surface area contributed by atoms with Crippen LogP contribution in [0.3, 0.4) is 0 Å². The van der Waals surface area contributed by atoms with Crippen molar-refractivity contribution in [2.75, 3.05) is 13.7 Å². The molecule has 0 radical (unpaired) electrons. The normalized spacial score (nSPS) is 19.4. The average molecular weight is 340 g/mol. The van der Waals surface area contributed by atoms with Crippen molar-refractivity contribution in [1.82, 2.24) is 0 Å². The van der Waals surface area contributed by atoms with Crippen LogP contribution in [0.1, 0.15) is 37.8 Å². The predicted octanol–water partition coefficient (Wildman–Crippen LogP) is 4.50. The van der Waals surface area contributed by atoms with Gasteiger partial charge in [0, 0.05) is 13.0 Å². The van der Waals surface area contributed by atoms with Gasteiger partial charge in [-0.25, -0.2) is 4.79 Å². The quantitative estimate of drug-likeness (QED) is 0.772. The summed E-state index contributed by atoms with van der Waals surface area (Å²) in [6.07, 6.45) is 5.93. The summed E-state index contributed by atoms with van der Waals surface area (Å²) in [5, 5.41) is 0.888. The first-order valence-electron chi connectivity index (χ1n) is 8.46. The zero-order valence-electron chi connectivity index (χ0n) is 15.4. The highest BCUT2D eigenvalue weighted by atomic mass is 16.5. The number of ether oxygens (including phenoxy) is 2. The largest absolute Gasteiger partial charge is 0.488 e. The van der Waals surface area contributed by atoms with E-state index in [0.717, 1.165) is 16.5 Å². The van der Waals surface area contributed by atoms with Gasteiger partial charge in [0.15, 0.2) is 0 Å². The fraction of sp³-hybridized carbons (Fsp3) is 0.381. The van der Waals surface area contributed by atoms with Crippen molar-refractivity contribution in [3.63, 3.8) is 0 Å². The fourth-order valence-electron chi connectivity index (χ4n) is 3.05. The minimum atomic E-state index is -0.333. The van der Waals surface area contributed by atoms with E-state index in [1.807, 2.05) is 58.1 Å². The van der Waals surface area contributed by atoms with Crippen molar-refractivity contribution in [3.05, 3.63) is 63.5 Å². The van der Waals surface area contributed by atoms with E-state index in [1.54, 1.807) is 13.2 Å². The molecule has 1 atom stereocenters. The number of methoxy groups -OCH3 is 1. The topological polar surface area (TPSA) is 48.7 Å². The number of allylic oxidation sites excluding steroid dienone is 2. The molecule has 2 aromatic rings. The molecule has 1 aliphatic rings. The maximum atomic E-state index is 12.5. The molecule has 4 nitrogen and oxygen atoms in total. The maximum absolute atomic E-state index is 12.5. The van der Waals surface area contributed by atoms with E-state index in [-0.39, 0.29) is 17.1 Å². The van der Waals surface area contributed by atoms with Gasteiger partial charge in [0.25, 0.3) is 0 Å². The average Bonchev–Trinajstić information content (AvgIpc) is 2.56. The molecule has 1 aromatic carbocycles. The summed E-state index contributed by atoms with van der Waals surface area (Å²) in [7, 11) is 1.68. The molecule has 0 spiro atoms. The first-order valence-corrected chi connectivity index (χ1v) is 8.46. The number of rotatable bonds is 3. The fourth-order valence-corrected chi connectivity index (χ4v) is 3.05. The van der Waals surface area contributed by atoms with E-state index in [2.05, 4.69) is 0 Å². The molecule has 0 aliphatic carbocycles. The Hall–Kier alpha value is -2.33. The molecule has 1 aliphatic heterocycles. The van der Waals surface area contributed by atoms with Crippen LogP contribution in [0.5, 0.6) is 5.75 Å². The lowest BCUT2D eigenvalue weighted by Gasteiger charge is -2.26. The van der Waals surface area contributed by atoms with Crippen LogP contribution in [0.15, 0.2) is 51.2 Å². The highest BCUT2D eigenvalue weighted by molar-refractivity contribution is 5.88. The standard InChI is InChI=1S/C21H24O4/c1-13-8-6-10-16-17(13)19-18(20(22)25-16)14(2)15(12-24-19)9-7-11-21(3,4)23-5/h6-11,14H,12H2,1-5H3. The van der Waals surface area contributed by atoms with Gasteiger partial charge in [-0.05, 0) is 38.0 Å². The van der Waals surface area contributed by atoms with Crippen LogP contribution < -0.4 is 10.4 Å². The Bertz CT molecular complexity index is 915. The van der Waals surface area contributed by atoms with Gasteiger partial charge in [-0.15, -0.1) is 0 Å². The van der Waals surface area contributed by atoms with Crippen LogP contribution in [0.4, 0.5) is 0 Å². The zero-order valence-corrected chi connectivity index (χ0v) is 15.4. The number of fused-ring (bicyclic) bond motifs is 3. The molecule has 0 N–H and O–H groups in total. The van der Waals surface area contributed by atoms with Crippen LogP contribution >= 0.6 is 0 Å². The van der Waals surface area contributed by atoms with Crippen LogP contribution in [-0.2, 0) is 4.74 Å². The Morgan fingerprint density at radius 1 is 1.32 bits per heavy atom. The molecule has 132 valence electrons. The molecule has 25 heavy (non-hydrogen) atoms. The lowest BCUT2D eigenvalue weighted by atomic mass is 9.89. The Labute approximate surface area is 147 Å². The lowest BCUT2D eigenvalue weighted by Crippen LogP contribution is -2.23. The third-order valence-electron chi connectivity index (χ3n) is 4.84. The van der Waals surface area contributed by atoms with Crippen molar-refractivity contribution < 1.29 is 13.9 Å². The molecule has 0 saturated carbocycles. The maximum Gasteiger partial charge on any atom is 0.343 e. The zero-order chi connectivity index (χ0) is 18.2. The molecule has 0 fully saturated rings. The Morgan fingerprint density at radius 3 is 2.80 bits per heavy atom. The summed E-state index contributed by atoms with van der Waals surface area (Å²) in [4.78, 5) is 12.5. The summed E-state index contributed by atoms with van der Waals surface area (Å²) >= 11 is 0. The number of benzene rings is 1. The van der Waals surface area contributed by atoms with E-state index in [1.165, 1.54) is 0 Å². The molecule has 0 amide bonds. The molecule has 0 bridgehead atoms. The Balaban J connectivity index is 2.05. The van der Waals surface area contributed by atoms with Crippen LogP contribution in [0, 0.1) is 6.92 Å². The molecular weight excluding hydrogens is 316 g/mol. The van der Waals surface area contributed by atoms with Gasteiger partial charge in [-0.1, -0.05) is 37.3 Å². The summed E-state index contributed by atoms with van der Waals surface area (Å²) in [6.45, 7) is 8.45. The van der Waals surface area contributed by atoms with Crippen molar-refractivity contribution in [1.29, 1.82) is 0 Å².